The molecule has 116 valence electrons. The lowest BCUT2D eigenvalue weighted by molar-refractivity contribution is -0.117. The summed E-state index contributed by atoms with van der Waals surface area (Å²) in [4.78, 5) is 14.5. The van der Waals surface area contributed by atoms with Gasteiger partial charge in [-0.05, 0) is 32.0 Å². The molecule has 0 spiro atoms. The minimum atomic E-state index is -0.0185. The summed E-state index contributed by atoms with van der Waals surface area (Å²) in [5.74, 6) is 0.0977. The Morgan fingerprint density at radius 2 is 1.86 bits per heavy atom. The van der Waals surface area contributed by atoms with Crippen LogP contribution in [0.4, 0.5) is 11.4 Å². The Morgan fingerprint density at radius 3 is 2.48 bits per heavy atom. The van der Waals surface area contributed by atoms with E-state index in [1.165, 1.54) is 19.3 Å². The number of anilines is 2. The highest BCUT2D eigenvalue weighted by Gasteiger charge is 2.32. The molecule has 21 heavy (non-hydrogen) atoms. The molecule has 0 bridgehead atoms. The van der Waals surface area contributed by atoms with E-state index in [0.29, 0.717) is 6.42 Å². The van der Waals surface area contributed by atoms with Crippen LogP contribution >= 0.6 is 0 Å². The summed E-state index contributed by atoms with van der Waals surface area (Å²) in [5, 5.41) is 6.48. The van der Waals surface area contributed by atoms with Crippen molar-refractivity contribution in [2.24, 2.45) is 0 Å². The van der Waals surface area contributed by atoms with Crippen LogP contribution < -0.4 is 15.5 Å². The number of para-hydroxylation sites is 2. The molecule has 1 aromatic carbocycles. The van der Waals surface area contributed by atoms with Crippen molar-refractivity contribution in [3.05, 3.63) is 24.3 Å². The number of nitrogens with zero attached hydrogens (tertiary/aromatic N) is 1. The van der Waals surface area contributed by atoms with Crippen molar-refractivity contribution >= 4 is 17.3 Å². The topological polar surface area (TPSA) is 44.4 Å². The minimum absolute atomic E-state index is 0.0185. The first-order valence-electron chi connectivity index (χ1n) is 7.81. The largest absolute Gasteiger partial charge is 0.376 e. The second kappa shape index (κ2) is 6.94. The van der Waals surface area contributed by atoms with Gasteiger partial charge in [0.1, 0.15) is 0 Å². The van der Waals surface area contributed by atoms with Gasteiger partial charge in [-0.3, -0.25) is 4.79 Å². The molecule has 1 aromatic rings. The van der Waals surface area contributed by atoms with Gasteiger partial charge in [0.05, 0.1) is 11.4 Å². The number of carbonyl (C=O) groups is 1. The Kier molecular flexibility index (Phi) is 5.23. The van der Waals surface area contributed by atoms with Gasteiger partial charge in [-0.15, -0.1) is 0 Å². The number of rotatable bonds is 5. The van der Waals surface area contributed by atoms with E-state index >= 15 is 0 Å². The van der Waals surface area contributed by atoms with Crippen LogP contribution in [0.1, 0.15) is 38.5 Å². The number of carbonyl (C=O) groups excluding carboxylic acids is 1. The number of hydrogen-bond acceptors (Lipinski definition) is 3. The maximum Gasteiger partial charge on any atom is 0.226 e. The van der Waals surface area contributed by atoms with Gasteiger partial charge in [0.25, 0.3) is 0 Å². The van der Waals surface area contributed by atoms with Crippen molar-refractivity contribution in [3.63, 3.8) is 0 Å². The van der Waals surface area contributed by atoms with E-state index in [9.17, 15) is 4.79 Å². The molecule has 1 aliphatic carbocycles. The third kappa shape index (κ3) is 3.97. The van der Waals surface area contributed by atoms with Gasteiger partial charge < -0.3 is 15.5 Å². The van der Waals surface area contributed by atoms with E-state index in [1.54, 1.807) is 0 Å². The highest BCUT2D eigenvalue weighted by atomic mass is 16.1. The zero-order valence-electron chi connectivity index (χ0n) is 13.4. The van der Waals surface area contributed by atoms with Crippen LogP contribution in [-0.2, 0) is 4.79 Å². The maximum atomic E-state index is 12.4. The first kappa shape index (κ1) is 15.8. The Morgan fingerprint density at radius 1 is 1.19 bits per heavy atom. The SMILES string of the molecule is CNC1(CC(=O)Nc2ccccc2N(C)C)CCCCC1. The molecule has 4 nitrogen and oxygen atoms in total. The Labute approximate surface area is 127 Å². The summed E-state index contributed by atoms with van der Waals surface area (Å²) in [6.45, 7) is 0. The van der Waals surface area contributed by atoms with E-state index in [-0.39, 0.29) is 11.4 Å². The minimum Gasteiger partial charge on any atom is -0.376 e. The molecule has 0 saturated heterocycles. The fraction of sp³-hybridized carbons (Fsp3) is 0.588. The van der Waals surface area contributed by atoms with E-state index in [2.05, 4.69) is 10.6 Å². The first-order valence-corrected chi connectivity index (χ1v) is 7.81. The molecule has 2 rings (SSSR count). The third-order valence-corrected chi connectivity index (χ3v) is 4.50. The van der Waals surface area contributed by atoms with Gasteiger partial charge >= 0.3 is 0 Å². The third-order valence-electron chi connectivity index (χ3n) is 4.50. The van der Waals surface area contributed by atoms with Crippen LogP contribution in [0.3, 0.4) is 0 Å². The summed E-state index contributed by atoms with van der Waals surface area (Å²) >= 11 is 0. The van der Waals surface area contributed by atoms with Gasteiger partial charge in [-0.1, -0.05) is 31.4 Å². The van der Waals surface area contributed by atoms with Crippen LogP contribution in [0.2, 0.25) is 0 Å². The molecule has 2 N–H and O–H groups in total. The Bertz CT molecular complexity index is 479. The van der Waals surface area contributed by atoms with E-state index in [0.717, 1.165) is 24.2 Å². The molecule has 1 aliphatic rings. The zero-order chi connectivity index (χ0) is 15.3. The molecular weight excluding hydrogens is 262 g/mol. The summed E-state index contributed by atoms with van der Waals surface area (Å²) in [7, 11) is 5.95. The molecule has 1 fully saturated rings. The van der Waals surface area contributed by atoms with Gasteiger partial charge in [0.15, 0.2) is 0 Å². The highest BCUT2D eigenvalue weighted by Crippen LogP contribution is 2.31. The first-order chi connectivity index (χ1) is 10.1. The van der Waals surface area contributed by atoms with E-state index < -0.39 is 0 Å². The zero-order valence-corrected chi connectivity index (χ0v) is 13.4. The van der Waals surface area contributed by atoms with Gasteiger partial charge in [0.2, 0.25) is 5.91 Å². The van der Waals surface area contributed by atoms with Crippen LogP contribution in [0.15, 0.2) is 24.3 Å². The summed E-state index contributed by atoms with van der Waals surface area (Å²) < 4.78 is 0. The fourth-order valence-electron chi connectivity index (χ4n) is 3.21. The molecule has 0 aromatic heterocycles. The highest BCUT2D eigenvalue weighted by molar-refractivity contribution is 5.94. The van der Waals surface area contributed by atoms with Crippen LogP contribution in [0.5, 0.6) is 0 Å². The van der Waals surface area contributed by atoms with Crippen molar-refractivity contribution in [2.45, 2.75) is 44.1 Å². The standard InChI is InChI=1S/C17H27N3O/c1-18-17(11-7-4-8-12-17)13-16(21)19-14-9-5-6-10-15(14)20(2)3/h5-6,9-10,18H,4,7-8,11-13H2,1-3H3,(H,19,21). The summed E-state index contributed by atoms with van der Waals surface area (Å²) in [6.07, 6.45) is 6.43. The lowest BCUT2D eigenvalue weighted by Crippen LogP contribution is -2.47. The molecule has 0 atom stereocenters. The van der Waals surface area contributed by atoms with E-state index in [1.807, 2.05) is 50.3 Å². The fourth-order valence-corrected chi connectivity index (χ4v) is 3.21. The molecule has 4 heteroatoms. The average molecular weight is 289 g/mol. The van der Waals surface area contributed by atoms with Gasteiger partial charge in [-0.25, -0.2) is 0 Å². The van der Waals surface area contributed by atoms with Crippen LogP contribution in [0, 0.1) is 0 Å². The average Bonchev–Trinajstić information content (AvgIpc) is 2.48. The predicted molar refractivity (Wildman–Crippen MR) is 88.9 cm³/mol. The van der Waals surface area contributed by atoms with Gasteiger partial charge in [-0.2, -0.15) is 0 Å². The molecular formula is C17H27N3O. The van der Waals surface area contributed by atoms with Crippen molar-refractivity contribution in [3.8, 4) is 0 Å². The predicted octanol–water partition coefficient (Wildman–Crippen LogP) is 3.00. The molecule has 1 amide bonds. The number of benzene rings is 1. The lowest BCUT2D eigenvalue weighted by atomic mass is 9.79. The van der Waals surface area contributed by atoms with E-state index in [4.69, 9.17) is 0 Å². The normalized spacial score (nSPS) is 17.3. The maximum absolute atomic E-state index is 12.4. The summed E-state index contributed by atoms with van der Waals surface area (Å²) in [6, 6.07) is 7.92. The van der Waals surface area contributed by atoms with Gasteiger partial charge in [0, 0.05) is 26.1 Å². The van der Waals surface area contributed by atoms with Crippen molar-refractivity contribution in [2.75, 3.05) is 31.4 Å². The molecule has 0 heterocycles. The number of nitrogens with one attached hydrogen (secondary N) is 2. The Hall–Kier alpha value is -1.55. The second-order valence-electron chi connectivity index (χ2n) is 6.23. The number of amides is 1. The summed E-state index contributed by atoms with van der Waals surface area (Å²) in [5.41, 5.74) is 1.90. The monoisotopic (exact) mass is 289 g/mol. The molecule has 1 saturated carbocycles. The van der Waals surface area contributed by atoms with Crippen LogP contribution in [0.25, 0.3) is 0 Å². The number of hydrogen-bond donors (Lipinski definition) is 2. The van der Waals surface area contributed by atoms with Crippen molar-refractivity contribution in [1.29, 1.82) is 0 Å². The Balaban J connectivity index is 2.04. The smallest absolute Gasteiger partial charge is 0.226 e. The quantitative estimate of drug-likeness (QED) is 0.876. The lowest BCUT2D eigenvalue weighted by Gasteiger charge is -2.36. The molecule has 0 aliphatic heterocycles. The van der Waals surface area contributed by atoms with Crippen molar-refractivity contribution < 1.29 is 4.79 Å². The van der Waals surface area contributed by atoms with Crippen molar-refractivity contribution in [1.82, 2.24) is 5.32 Å². The molecule has 0 unspecified atom stereocenters. The second-order valence-corrected chi connectivity index (χ2v) is 6.23. The molecule has 0 radical (unpaired) electrons. The van der Waals surface area contributed by atoms with Crippen LogP contribution in [-0.4, -0.2) is 32.6 Å².